The van der Waals surface area contributed by atoms with Crippen molar-refractivity contribution in [3.63, 3.8) is 0 Å². The highest BCUT2D eigenvalue weighted by Crippen LogP contribution is 2.17. The maximum absolute atomic E-state index is 3.62. The second-order valence-corrected chi connectivity index (χ2v) is 4.12. The van der Waals surface area contributed by atoms with Crippen LogP contribution in [0.15, 0.2) is 24.3 Å². The van der Waals surface area contributed by atoms with Gasteiger partial charge in [-0.15, -0.1) is 0 Å². The lowest BCUT2D eigenvalue weighted by atomic mass is 9.95. The molecule has 0 bridgehead atoms. The molecule has 1 aromatic carbocycles. The topological polar surface area (TPSA) is 12.0 Å². The minimum atomic E-state index is 0.757. The molecule has 0 atom stereocenters. The third-order valence-corrected chi connectivity index (χ3v) is 2.99. The first-order valence-corrected chi connectivity index (χ1v) is 5.63. The molecule has 0 amide bonds. The molecule has 1 radical (unpaired) electrons. The van der Waals surface area contributed by atoms with E-state index < -0.39 is 0 Å². The zero-order chi connectivity index (χ0) is 9.64. The van der Waals surface area contributed by atoms with Crippen molar-refractivity contribution in [3.8, 4) is 0 Å². The third-order valence-electron chi connectivity index (χ3n) is 2.99. The molecule has 1 fully saturated rings. The van der Waals surface area contributed by atoms with E-state index in [4.69, 9.17) is 0 Å². The average Bonchev–Trinajstić information content (AvgIpc) is 2.29. The third kappa shape index (κ3) is 2.85. The molecule has 1 aromatic rings. The molecule has 1 nitrogen and oxygen atoms in total. The molecule has 1 aliphatic rings. The first kappa shape index (κ1) is 9.72. The number of rotatable bonds is 3. The summed E-state index contributed by atoms with van der Waals surface area (Å²) in [5, 5.41) is 3.62. The highest BCUT2D eigenvalue weighted by atomic mass is 14.9. The quantitative estimate of drug-likeness (QED) is 0.769. The SMILES string of the molecule is [c]1ccc(CNC2CCCCC2)cc1. The summed E-state index contributed by atoms with van der Waals surface area (Å²) in [6.07, 6.45) is 6.96. The Balaban J connectivity index is 1.76. The molecule has 0 aromatic heterocycles. The van der Waals surface area contributed by atoms with E-state index in [-0.39, 0.29) is 0 Å². The van der Waals surface area contributed by atoms with Crippen LogP contribution in [0.5, 0.6) is 0 Å². The smallest absolute Gasteiger partial charge is 0.0208 e. The number of hydrogen-bond acceptors (Lipinski definition) is 1. The van der Waals surface area contributed by atoms with E-state index in [1.165, 1.54) is 37.7 Å². The standard InChI is InChI=1S/C13H18N/c1-3-7-12(8-4-1)11-14-13-9-5-2-6-10-13/h3-4,7-8,13-14H,2,5-6,9-11H2. The van der Waals surface area contributed by atoms with Crippen molar-refractivity contribution in [1.82, 2.24) is 5.32 Å². The van der Waals surface area contributed by atoms with E-state index in [1.54, 1.807) is 0 Å². The van der Waals surface area contributed by atoms with Gasteiger partial charge in [-0.25, -0.2) is 0 Å². The Morgan fingerprint density at radius 1 is 1.14 bits per heavy atom. The van der Waals surface area contributed by atoms with Crippen molar-refractivity contribution in [2.24, 2.45) is 0 Å². The molecule has 0 heterocycles. The van der Waals surface area contributed by atoms with Gasteiger partial charge in [-0.3, -0.25) is 0 Å². The molecule has 0 spiro atoms. The predicted molar refractivity (Wildman–Crippen MR) is 59.0 cm³/mol. The highest BCUT2D eigenvalue weighted by Gasteiger charge is 2.11. The second-order valence-electron chi connectivity index (χ2n) is 4.12. The van der Waals surface area contributed by atoms with Crippen molar-refractivity contribution < 1.29 is 0 Å². The first-order valence-electron chi connectivity index (χ1n) is 5.63. The van der Waals surface area contributed by atoms with Crippen molar-refractivity contribution in [3.05, 3.63) is 35.9 Å². The van der Waals surface area contributed by atoms with Crippen LogP contribution in [0.3, 0.4) is 0 Å². The van der Waals surface area contributed by atoms with Gasteiger partial charge in [-0.1, -0.05) is 43.5 Å². The normalized spacial score (nSPS) is 18.3. The summed E-state index contributed by atoms with van der Waals surface area (Å²) in [4.78, 5) is 0. The van der Waals surface area contributed by atoms with Gasteiger partial charge in [0.25, 0.3) is 0 Å². The lowest BCUT2D eigenvalue weighted by Crippen LogP contribution is -2.30. The van der Waals surface area contributed by atoms with Crippen LogP contribution in [0.2, 0.25) is 0 Å². The fourth-order valence-electron chi connectivity index (χ4n) is 2.11. The van der Waals surface area contributed by atoms with Crippen LogP contribution in [0.25, 0.3) is 0 Å². The van der Waals surface area contributed by atoms with Crippen molar-refractivity contribution in [2.75, 3.05) is 0 Å². The molecular formula is C13H18N. The largest absolute Gasteiger partial charge is 0.310 e. The van der Waals surface area contributed by atoms with Crippen LogP contribution in [0.1, 0.15) is 37.7 Å². The van der Waals surface area contributed by atoms with Gasteiger partial charge in [0.15, 0.2) is 0 Å². The van der Waals surface area contributed by atoms with Gasteiger partial charge in [0.2, 0.25) is 0 Å². The number of nitrogens with one attached hydrogen (secondary N) is 1. The monoisotopic (exact) mass is 188 g/mol. The van der Waals surface area contributed by atoms with Gasteiger partial charge < -0.3 is 5.32 Å². The van der Waals surface area contributed by atoms with E-state index in [0.29, 0.717) is 0 Å². The summed E-state index contributed by atoms with van der Waals surface area (Å²) >= 11 is 0. The minimum absolute atomic E-state index is 0.757. The first-order chi connectivity index (χ1) is 6.95. The van der Waals surface area contributed by atoms with Gasteiger partial charge in [0.05, 0.1) is 0 Å². The van der Waals surface area contributed by atoms with Crippen LogP contribution in [-0.2, 0) is 6.54 Å². The Morgan fingerprint density at radius 2 is 1.86 bits per heavy atom. The summed E-state index contributed by atoms with van der Waals surface area (Å²) < 4.78 is 0. The maximum Gasteiger partial charge on any atom is 0.0208 e. The lowest BCUT2D eigenvalue weighted by Gasteiger charge is -2.22. The van der Waals surface area contributed by atoms with Crippen LogP contribution in [0, 0.1) is 6.07 Å². The van der Waals surface area contributed by atoms with Crippen molar-refractivity contribution in [1.29, 1.82) is 0 Å². The summed E-state index contributed by atoms with van der Waals surface area (Å²) in [6.45, 7) is 1.01. The van der Waals surface area contributed by atoms with E-state index in [1.807, 2.05) is 12.1 Å². The Labute approximate surface area is 86.5 Å². The molecule has 2 rings (SSSR count). The molecule has 0 aliphatic heterocycles. The van der Waals surface area contributed by atoms with E-state index in [0.717, 1.165) is 12.6 Å². The van der Waals surface area contributed by atoms with Gasteiger partial charge in [-0.05, 0) is 24.5 Å². The number of hydrogen-bond donors (Lipinski definition) is 1. The average molecular weight is 188 g/mol. The molecular weight excluding hydrogens is 170 g/mol. The molecule has 75 valence electrons. The van der Waals surface area contributed by atoms with Gasteiger partial charge in [-0.2, -0.15) is 0 Å². The molecule has 1 N–H and O–H groups in total. The van der Waals surface area contributed by atoms with Crippen LogP contribution < -0.4 is 5.32 Å². The van der Waals surface area contributed by atoms with E-state index in [2.05, 4.69) is 23.5 Å². The summed E-state index contributed by atoms with van der Waals surface area (Å²) in [7, 11) is 0. The van der Waals surface area contributed by atoms with Crippen molar-refractivity contribution in [2.45, 2.75) is 44.7 Å². The maximum atomic E-state index is 3.62. The van der Waals surface area contributed by atoms with Crippen LogP contribution >= 0.6 is 0 Å². The highest BCUT2D eigenvalue weighted by molar-refractivity contribution is 5.13. The van der Waals surface area contributed by atoms with Crippen LogP contribution in [-0.4, -0.2) is 6.04 Å². The summed E-state index contributed by atoms with van der Waals surface area (Å²) in [5.41, 5.74) is 1.37. The zero-order valence-corrected chi connectivity index (χ0v) is 8.63. The van der Waals surface area contributed by atoms with Crippen molar-refractivity contribution >= 4 is 0 Å². The molecule has 1 saturated carbocycles. The fraction of sp³-hybridized carbons (Fsp3) is 0.538. The van der Waals surface area contributed by atoms with E-state index in [9.17, 15) is 0 Å². The summed E-state index contributed by atoms with van der Waals surface area (Å²) in [5.74, 6) is 0. The lowest BCUT2D eigenvalue weighted by molar-refractivity contribution is 0.372. The molecule has 14 heavy (non-hydrogen) atoms. The summed E-state index contributed by atoms with van der Waals surface area (Å²) in [6, 6.07) is 12.0. The van der Waals surface area contributed by atoms with Crippen LogP contribution in [0.4, 0.5) is 0 Å². The zero-order valence-electron chi connectivity index (χ0n) is 8.63. The number of benzene rings is 1. The second kappa shape index (κ2) is 5.16. The predicted octanol–water partition coefficient (Wildman–Crippen LogP) is 2.91. The Morgan fingerprint density at radius 3 is 2.57 bits per heavy atom. The Kier molecular flexibility index (Phi) is 3.58. The van der Waals surface area contributed by atoms with Gasteiger partial charge in [0, 0.05) is 12.6 Å². The molecule has 0 saturated heterocycles. The van der Waals surface area contributed by atoms with Gasteiger partial charge in [0.1, 0.15) is 0 Å². The Hall–Kier alpha value is -0.820. The minimum Gasteiger partial charge on any atom is -0.310 e. The van der Waals surface area contributed by atoms with Gasteiger partial charge >= 0.3 is 0 Å². The Bertz CT molecular complexity index is 249. The fourth-order valence-corrected chi connectivity index (χ4v) is 2.11. The molecule has 1 aliphatic carbocycles. The van der Waals surface area contributed by atoms with E-state index >= 15 is 0 Å². The molecule has 1 heteroatoms. The molecule has 0 unspecified atom stereocenters.